The minimum absolute atomic E-state index is 0.118. The molecule has 0 spiro atoms. The van der Waals surface area contributed by atoms with E-state index < -0.39 is 80.2 Å². The van der Waals surface area contributed by atoms with Gasteiger partial charge in [-0.25, -0.2) is 0 Å². The average Bonchev–Trinajstić information content (AvgIpc) is 3.23. The van der Waals surface area contributed by atoms with Crippen molar-refractivity contribution in [1.29, 1.82) is 0 Å². The molecule has 0 aromatic rings. The summed E-state index contributed by atoms with van der Waals surface area (Å²) in [6, 6.07) is 0. The second-order valence-electron chi connectivity index (χ2n) is 12.3. The van der Waals surface area contributed by atoms with E-state index in [1.807, 2.05) is 0 Å². The minimum Gasteiger partial charge on any atom is -0.462 e. The van der Waals surface area contributed by atoms with Crippen LogP contribution in [0, 0.1) is 5.92 Å². The van der Waals surface area contributed by atoms with Crippen molar-refractivity contribution in [3.63, 3.8) is 0 Å². The van der Waals surface area contributed by atoms with Crippen LogP contribution in [-0.2, 0) is 19.0 Å². The number of rotatable bonds is 22. The maximum atomic E-state index is 12.5. The molecule has 11 heteroatoms. The Morgan fingerprint density at radius 1 is 0.714 bits per heavy atom. The molecule has 0 unspecified atom stereocenters. The summed E-state index contributed by atoms with van der Waals surface area (Å²) in [5, 5.41) is 70.9. The van der Waals surface area contributed by atoms with Crippen molar-refractivity contribution in [3.05, 3.63) is 0 Å². The molecule has 248 valence electrons. The van der Waals surface area contributed by atoms with Crippen molar-refractivity contribution >= 4 is 5.97 Å². The highest BCUT2D eigenvalue weighted by molar-refractivity contribution is 5.69. The van der Waals surface area contributed by atoms with Gasteiger partial charge in [-0.2, -0.15) is 0 Å². The summed E-state index contributed by atoms with van der Waals surface area (Å²) < 4.78 is 16.7. The molecule has 2 rings (SSSR count). The minimum atomic E-state index is -1.74. The zero-order valence-corrected chi connectivity index (χ0v) is 25.5. The van der Waals surface area contributed by atoms with Crippen LogP contribution in [0.4, 0.5) is 0 Å². The first-order valence-corrected chi connectivity index (χ1v) is 16.3. The van der Waals surface area contributed by atoms with Crippen LogP contribution in [0.3, 0.4) is 0 Å². The molecule has 0 amide bonds. The normalized spacial score (nSPS) is 33.2. The number of esters is 1. The van der Waals surface area contributed by atoms with Crippen LogP contribution in [0.1, 0.15) is 116 Å². The number of aliphatic hydroxyl groups excluding tert-OH is 7. The van der Waals surface area contributed by atoms with Crippen molar-refractivity contribution < 1.29 is 54.8 Å². The first kappa shape index (κ1) is 37.3. The van der Waals surface area contributed by atoms with Crippen molar-refractivity contribution in [3.8, 4) is 0 Å². The Morgan fingerprint density at radius 2 is 1.24 bits per heavy atom. The molecule has 1 aliphatic heterocycles. The van der Waals surface area contributed by atoms with Crippen LogP contribution < -0.4 is 0 Å². The number of ether oxygens (including phenoxy) is 3. The third kappa shape index (κ3) is 11.6. The van der Waals surface area contributed by atoms with Gasteiger partial charge in [0.2, 0.25) is 0 Å². The zero-order valence-electron chi connectivity index (χ0n) is 25.5. The quantitative estimate of drug-likeness (QED) is 0.0707. The molecule has 2 fully saturated rings. The molecule has 1 saturated heterocycles. The number of carbonyl (C=O) groups excluding carboxylic acids is 1. The lowest BCUT2D eigenvalue weighted by atomic mass is 9.96. The van der Waals surface area contributed by atoms with Gasteiger partial charge in [-0.1, -0.05) is 96.8 Å². The van der Waals surface area contributed by atoms with Gasteiger partial charge in [-0.05, 0) is 12.8 Å². The summed E-state index contributed by atoms with van der Waals surface area (Å²) in [7, 11) is 0. The molecule has 0 aromatic carbocycles. The van der Waals surface area contributed by atoms with Gasteiger partial charge in [0.25, 0.3) is 0 Å². The summed E-state index contributed by atoms with van der Waals surface area (Å²) >= 11 is 0. The lowest BCUT2D eigenvalue weighted by molar-refractivity contribution is -0.339. The Balaban J connectivity index is 1.69. The van der Waals surface area contributed by atoms with Gasteiger partial charge in [0.05, 0.1) is 12.7 Å². The van der Waals surface area contributed by atoms with Crippen molar-refractivity contribution in [2.24, 2.45) is 5.92 Å². The molecule has 1 aliphatic carbocycles. The number of unbranched alkanes of at least 4 members (excludes halogenated alkanes) is 14. The third-order valence-corrected chi connectivity index (χ3v) is 8.85. The van der Waals surface area contributed by atoms with Crippen LogP contribution in [0.15, 0.2) is 0 Å². The van der Waals surface area contributed by atoms with E-state index in [0.29, 0.717) is 6.42 Å². The van der Waals surface area contributed by atoms with Crippen LogP contribution in [-0.4, -0.2) is 110 Å². The van der Waals surface area contributed by atoms with Gasteiger partial charge < -0.3 is 50.0 Å². The maximum absolute atomic E-state index is 12.5. The Morgan fingerprint density at radius 3 is 1.71 bits per heavy atom. The summed E-state index contributed by atoms with van der Waals surface area (Å²) in [5.41, 5.74) is -1.74. The van der Waals surface area contributed by atoms with Gasteiger partial charge in [-0.15, -0.1) is 0 Å². The zero-order chi connectivity index (χ0) is 31.0. The molecule has 0 aromatic heterocycles. The highest BCUT2D eigenvalue weighted by Crippen LogP contribution is 2.41. The van der Waals surface area contributed by atoms with Crippen molar-refractivity contribution in [2.45, 2.75) is 165 Å². The Labute approximate surface area is 251 Å². The van der Waals surface area contributed by atoms with E-state index in [1.165, 1.54) is 70.6 Å². The topological polar surface area (TPSA) is 186 Å². The molecular formula is C31H58O11. The maximum Gasteiger partial charge on any atom is 0.305 e. The average molecular weight is 607 g/mol. The smallest absolute Gasteiger partial charge is 0.305 e. The van der Waals surface area contributed by atoms with E-state index in [-0.39, 0.29) is 12.8 Å². The predicted octanol–water partition coefficient (Wildman–Crippen LogP) is 2.08. The molecule has 9 atom stereocenters. The summed E-state index contributed by atoms with van der Waals surface area (Å²) in [5.74, 6) is -1.30. The van der Waals surface area contributed by atoms with Crippen LogP contribution >= 0.6 is 0 Å². The predicted molar refractivity (Wildman–Crippen MR) is 155 cm³/mol. The van der Waals surface area contributed by atoms with Gasteiger partial charge in [-0.3, -0.25) is 4.79 Å². The Bertz CT molecular complexity index is 723. The molecule has 11 nitrogen and oxygen atoms in total. The summed E-state index contributed by atoms with van der Waals surface area (Å²) in [6.45, 7) is 0.627. The first-order chi connectivity index (χ1) is 20.2. The van der Waals surface area contributed by atoms with Gasteiger partial charge in [0, 0.05) is 18.9 Å². The van der Waals surface area contributed by atoms with Crippen LogP contribution in [0.2, 0.25) is 0 Å². The largest absolute Gasteiger partial charge is 0.462 e. The molecule has 0 radical (unpaired) electrons. The molecule has 42 heavy (non-hydrogen) atoms. The fourth-order valence-corrected chi connectivity index (χ4v) is 6.03. The highest BCUT2D eigenvalue weighted by Gasteiger charge is 2.57. The van der Waals surface area contributed by atoms with E-state index in [0.717, 1.165) is 19.3 Å². The molecule has 7 N–H and O–H groups in total. The Hall–Kier alpha value is -0.890. The van der Waals surface area contributed by atoms with E-state index >= 15 is 0 Å². The fourth-order valence-electron chi connectivity index (χ4n) is 6.03. The molecule has 0 bridgehead atoms. The fraction of sp³-hybridized carbons (Fsp3) is 0.968. The number of aliphatic hydroxyl groups is 7. The standard InChI is InChI=1S/C31H58O11/c1-2-3-4-5-6-7-8-9-10-11-12-13-14-15-16-17-24(34)40-21-31(18-22(19-32)25(35)29(31)39)42-30-28(38)27(37)26(36)23(20-33)41-30/h22-23,25-30,32-33,35-39H,2-21H2,1H3/t22-,23-,25-,26-,27+,28-,29+,30-,31+/m1/s1. The van der Waals surface area contributed by atoms with Gasteiger partial charge in [0.15, 0.2) is 6.29 Å². The summed E-state index contributed by atoms with van der Waals surface area (Å²) in [6.07, 6.45) is 7.37. The highest BCUT2D eigenvalue weighted by atomic mass is 16.7. The lowest BCUT2D eigenvalue weighted by Crippen LogP contribution is -2.62. The second-order valence-corrected chi connectivity index (χ2v) is 12.3. The molecule has 2 aliphatic rings. The van der Waals surface area contributed by atoms with E-state index in [9.17, 15) is 40.5 Å². The van der Waals surface area contributed by atoms with E-state index in [2.05, 4.69) is 6.92 Å². The van der Waals surface area contributed by atoms with E-state index in [1.54, 1.807) is 0 Å². The summed E-state index contributed by atoms with van der Waals surface area (Å²) in [4.78, 5) is 12.5. The SMILES string of the molecule is CCCCCCCCCCCCCCCCCC(=O)OC[C@@]1(O[C@H]2O[C@H](CO)[C@@H](O)[C@H](O)[C@H]2O)C[C@H](CO)[C@@H](O)[C@@H]1O. The van der Waals surface area contributed by atoms with Crippen molar-refractivity contribution in [1.82, 2.24) is 0 Å². The first-order valence-electron chi connectivity index (χ1n) is 16.3. The lowest BCUT2D eigenvalue weighted by Gasteiger charge is -2.44. The van der Waals surface area contributed by atoms with Crippen LogP contribution in [0.25, 0.3) is 0 Å². The third-order valence-electron chi connectivity index (χ3n) is 8.85. The number of hydrogen-bond acceptors (Lipinski definition) is 11. The van der Waals surface area contributed by atoms with E-state index in [4.69, 9.17) is 14.2 Å². The molecule has 1 saturated carbocycles. The second kappa shape index (κ2) is 20.2. The molecule has 1 heterocycles. The van der Waals surface area contributed by atoms with Crippen LogP contribution in [0.5, 0.6) is 0 Å². The monoisotopic (exact) mass is 606 g/mol. The van der Waals surface area contributed by atoms with Gasteiger partial charge >= 0.3 is 5.97 Å². The van der Waals surface area contributed by atoms with Crippen molar-refractivity contribution in [2.75, 3.05) is 19.8 Å². The number of carbonyl (C=O) groups is 1. The Kier molecular flexibility index (Phi) is 17.9. The van der Waals surface area contributed by atoms with Gasteiger partial charge in [0.1, 0.15) is 42.7 Å². The molecular weight excluding hydrogens is 548 g/mol. The number of hydrogen-bond donors (Lipinski definition) is 7.